The van der Waals surface area contributed by atoms with Crippen molar-refractivity contribution in [1.29, 1.82) is 0 Å². The lowest BCUT2D eigenvalue weighted by Gasteiger charge is -2.31. The van der Waals surface area contributed by atoms with Crippen LogP contribution in [0.3, 0.4) is 0 Å². The van der Waals surface area contributed by atoms with E-state index in [0.717, 1.165) is 0 Å². The molecular weight excluding hydrogens is 196 g/mol. The second-order valence-corrected chi connectivity index (χ2v) is 3.88. The van der Waals surface area contributed by atoms with Gasteiger partial charge in [-0.1, -0.05) is 27.7 Å². The Balaban J connectivity index is 5.15. The van der Waals surface area contributed by atoms with E-state index in [1.54, 1.807) is 0 Å². The van der Waals surface area contributed by atoms with Gasteiger partial charge in [-0.15, -0.1) is 0 Å². The third kappa shape index (κ3) is 2.28. The van der Waals surface area contributed by atoms with Crippen LogP contribution in [0.15, 0.2) is 11.7 Å². The third-order valence-electron chi connectivity index (χ3n) is 2.56. The summed E-state index contributed by atoms with van der Waals surface area (Å²) in [6, 6.07) is 0. The minimum absolute atomic E-state index is 0.0738. The van der Waals surface area contributed by atoms with Crippen molar-refractivity contribution in [3.63, 3.8) is 0 Å². The van der Waals surface area contributed by atoms with Gasteiger partial charge in [0.25, 0.3) is 0 Å². The Morgan fingerprint density at radius 1 is 1.07 bits per heavy atom. The van der Waals surface area contributed by atoms with Crippen LogP contribution in [-0.2, 0) is 0 Å². The molecule has 4 heteroatoms. The van der Waals surface area contributed by atoms with Gasteiger partial charge in [-0.25, -0.2) is 8.78 Å². The van der Waals surface area contributed by atoms with E-state index < -0.39 is 23.0 Å². The van der Waals surface area contributed by atoms with E-state index in [1.165, 1.54) is 27.7 Å². The Hall–Kier alpha value is -0.540. The molecule has 0 aromatic heterocycles. The normalized spacial score (nSPS) is 15.4. The largest absolute Gasteiger partial charge is 0.306 e. The van der Waals surface area contributed by atoms with Crippen LogP contribution in [0.4, 0.5) is 17.6 Å². The summed E-state index contributed by atoms with van der Waals surface area (Å²) in [6.07, 6.45) is -0.272. The van der Waals surface area contributed by atoms with Crippen LogP contribution in [0.2, 0.25) is 0 Å². The standard InChI is InChI=1S/C10H16F4/c1-5-7(11)8(12)10(13,14)9(3,4)6-2/h5-6H2,1-4H3/b8-7+. The lowest BCUT2D eigenvalue weighted by atomic mass is 9.82. The SMILES string of the molecule is CC/C(F)=C(\F)C(F)(F)C(C)(C)CC. The lowest BCUT2D eigenvalue weighted by molar-refractivity contribution is -0.0916. The Kier molecular flexibility index (Phi) is 4.15. The molecule has 0 saturated heterocycles. The van der Waals surface area contributed by atoms with E-state index in [2.05, 4.69) is 0 Å². The Morgan fingerprint density at radius 2 is 1.50 bits per heavy atom. The van der Waals surface area contributed by atoms with E-state index >= 15 is 0 Å². The Morgan fingerprint density at radius 3 is 1.79 bits per heavy atom. The van der Waals surface area contributed by atoms with Crippen LogP contribution in [0, 0.1) is 5.41 Å². The van der Waals surface area contributed by atoms with Crippen molar-refractivity contribution in [3.8, 4) is 0 Å². The summed E-state index contributed by atoms with van der Waals surface area (Å²) in [7, 11) is 0. The number of halogens is 4. The second-order valence-electron chi connectivity index (χ2n) is 3.88. The predicted molar refractivity (Wildman–Crippen MR) is 48.6 cm³/mol. The van der Waals surface area contributed by atoms with Crippen LogP contribution in [0.1, 0.15) is 40.5 Å². The average molecular weight is 212 g/mol. The predicted octanol–water partition coefficient (Wildman–Crippen LogP) is 4.62. The molecule has 0 aliphatic carbocycles. The monoisotopic (exact) mass is 212 g/mol. The van der Waals surface area contributed by atoms with Crippen molar-refractivity contribution in [1.82, 2.24) is 0 Å². The van der Waals surface area contributed by atoms with Gasteiger partial charge in [-0.05, 0) is 12.8 Å². The summed E-state index contributed by atoms with van der Waals surface area (Å²) in [6.45, 7) is 5.25. The molecule has 0 aromatic rings. The highest BCUT2D eigenvalue weighted by Gasteiger charge is 2.50. The second kappa shape index (κ2) is 4.32. The fourth-order valence-corrected chi connectivity index (χ4v) is 0.845. The summed E-state index contributed by atoms with van der Waals surface area (Å²) in [5.41, 5.74) is -1.57. The van der Waals surface area contributed by atoms with E-state index in [1.807, 2.05) is 0 Å². The molecule has 0 aliphatic rings. The molecule has 0 aromatic carbocycles. The lowest BCUT2D eigenvalue weighted by Crippen LogP contribution is -2.37. The fraction of sp³-hybridized carbons (Fsp3) is 0.800. The zero-order chi connectivity index (χ0) is 11.6. The van der Waals surface area contributed by atoms with Gasteiger partial charge in [-0.3, -0.25) is 0 Å². The van der Waals surface area contributed by atoms with E-state index in [9.17, 15) is 17.6 Å². The molecule has 0 atom stereocenters. The molecule has 84 valence electrons. The number of rotatable bonds is 4. The summed E-state index contributed by atoms with van der Waals surface area (Å²) >= 11 is 0. The molecule has 14 heavy (non-hydrogen) atoms. The summed E-state index contributed by atoms with van der Waals surface area (Å²) in [5, 5.41) is 0. The fourth-order valence-electron chi connectivity index (χ4n) is 0.845. The Bertz CT molecular complexity index is 228. The minimum Gasteiger partial charge on any atom is -0.209 e. The van der Waals surface area contributed by atoms with Crippen LogP contribution in [0.5, 0.6) is 0 Å². The Labute approximate surface area is 82.0 Å². The van der Waals surface area contributed by atoms with Gasteiger partial charge in [-0.2, -0.15) is 8.78 Å². The van der Waals surface area contributed by atoms with Crippen molar-refractivity contribution in [2.45, 2.75) is 46.5 Å². The van der Waals surface area contributed by atoms with Gasteiger partial charge in [0.15, 0.2) is 0 Å². The van der Waals surface area contributed by atoms with Crippen molar-refractivity contribution < 1.29 is 17.6 Å². The highest BCUT2D eigenvalue weighted by molar-refractivity contribution is 5.13. The molecule has 0 heterocycles. The molecule has 0 bridgehead atoms. The molecule has 0 aliphatic heterocycles. The third-order valence-corrected chi connectivity index (χ3v) is 2.56. The number of hydrogen-bond acceptors (Lipinski definition) is 0. The van der Waals surface area contributed by atoms with Gasteiger partial charge in [0.2, 0.25) is 5.83 Å². The maximum Gasteiger partial charge on any atom is 0.306 e. The molecule has 0 nitrogen and oxygen atoms in total. The molecule has 0 amide bonds. The van der Waals surface area contributed by atoms with Gasteiger partial charge in [0, 0.05) is 5.41 Å². The van der Waals surface area contributed by atoms with E-state index in [-0.39, 0.29) is 12.8 Å². The first kappa shape index (κ1) is 13.5. The van der Waals surface area contributed by atoms with Gasteiger partial charge >= 0.3 is 5.92 Å². The zero-order valence-electron chi connectivity index (χ0n) is 8.93. The van der Waals surface area contributed by atoms with Crippen molar-refractivity contribution >= 4 is 0 Å². The molecule has 0 N–H and O–H groups in total. The summed E-state index contributed by atoms with van der Waals surface area (Å²) < 4.78 is 52.4. The molecule has 0 saturated carbocycles. The van der Waals surface area contributed by atoms with Gasteiger partial charge in [0.05, 0.1) is 0 Å². The first-order valence-corrected chi connectivity index (χ1v) is 4.63. The highest BCUT2D eigenvalue weighted by Crippen LogP contribution is 2.46. The molecule has 0 radical (unpaired) electrons. The van der Waals surface area contributed by atoms with Crippen molar-refractivity contribution in [2.24, 2.45) is 5.41 Å². The maximum atomic E-state index is 13.4. The van der Waals surface area contributed by atoms with Crippen LogP contribution >= 0.6 is 0 Å². The average Bonchev–Trinajstić information content (AvgIpc) is 2.14. The number of hydrogen-bond donors (Lipinski definition) is 0. The first-order chi connectivity index (χ1) is 6.20. The van der Waals surface area contributed by atoms with Crippen LogP contribution in [0.25, 0.3) is 0 Å². The topological polar surface area (TPSA) is 0 Å². The van der Waals surface area contributed by atoms with Crippen molar-refractivity contribution in [3.05, 3.63) is 11.7 Å². The number of alkyl halides is 2. The highest BCUT2D eigenvalue weighted by atomic mass is 19.3. The quantitative estimate of drug-likeness (QED) is 0.596. The molecule has 0 spiro atoms. The van der Waals surface area contributed by atoms with Crippen LogP contribution < -0.4 is 0 Å². The summed E-state index contributed by atoms with van der Waals surface area (Å²) in [5.74, 6) is -7.02. The van der Waals surface area contributed by atoms with Gasteiger partial charge < -0.3 is 0 Å². The van der Waals surface area contributed by atoms with E-state index in [4.69, 9.17) is 0 Å². The molecule has 0 rings (SSSR count). The molecular formula is C10H16F4. The summed E-state index contributed by atoms with van der Waals surface area (Å²) in [4.78, 5) is 0. The van der Waals surface area contributed by atoms with Gasteiger partial charge in [0.1, 0.15) is 5.83 Å². The van der Waals surface area contributed by atoms with Crippen LogP contribution in [-0.4, -0.2) is 5.92 Å². The minimum atomic E-state index is -3.73. The van der Waals surface area contributed by atoms with E-state index in [0.29, 0.717) is 0 Å². The number of allylic oxidation sites excluding steroid dienone is 2. The maximum absolute atomic E-state index is 13.4. The first-order valence-electron chi connectivity index (χ1n) is 4.63. The molecule has 0 unspecified atom stereocenters. The molecule has 0 fully saturated rings. The zero-order valence-corrected chi connectivity index (χ0v) is 8.93. The smallest absolute Gasteiger partial charge is 0.209 e. The van der Waals surface area contributed by atoms with Crippen molar-refractivity contribution in [2.75, 3.05) is 0 Å².